The van der Waals surface area contributed by atoms with Crippen molar-refractivity contribution < 1.29 is 19.4 Å². The summed E-state index contributed by atoms with van der Waals surface area (Å²) in [6.45, 7) is 0. The molecular weight excluding hydrogens is 292 g/mol. The minimum Gasteiger partial charge on any atom is -0.507 e. The third kappa shape index (κ3) is 3.41. The molecule has 0 aliphatic carbocycles. The van der Waals surface area contributed by atoms with Crippen LogP contribution in [-0.2, 0) is 0 Å². The first kappa shape index (κ1) is 15.1. The standard InChI is InChI=1S/C16H13ClO4/c1-21-10-6-7-14(18)12(8-10)16(20)9-15(19)11-4-2-3-5-13(11)17/h2-8,18H,9H2,1H3. The number of Topliss-reactive ketones (excluding diaryl/α,β-unsaturated/α-hetero) is 2. The van der Waals surface area contributed by atoms with Gasteiger partial charge in [0.05, 0.1) is 24.1 Å². The second-order valence-corrected chi connectivity index (χ2v) is 4.79. The van der Waals surface area contributed by atoms with Crippen LogP contribution in [0.5, 0.6) is 11.5 Å². The van der Waals surface area contributed by atoms with Crippen LogP contribution in [-0.4, -0.2) is 23.8 Å². The molecule has 0 aliphatic rings. The van der Waals surface area contributed by atoms with Crippen molar-refractivity contribution in [2.45, 2.75) is 6.42 Å². The van der Waals surface area contributed by atoms with Gasteiger partial charge >= 0.3 is 0 Å². The molecule has 0 aromatic heterocycles. The van der Waals surface area contributed by atoms with Gasteiger partial charge in [-0.2, -0.15) is 0 Å². The maximum atomic E-state index is 12.1. The van der Waals surface area contributed by atoms with Crippen LogP contribution in [0.15, 0.2) is 42.5 Å². The highest BCUT2D eigenvalue weighted by atomic mass is 35.5. The summed E-state index contributed by atoms with van der Waals surface area (Å²) in [5, 5.41) is 10.0. The zero-order chi connectivity index (χ0) is 15.4. The average Bonchev–Trinajstić information content (AvgIpc) is 2.48. The number of methoxy groups -OCH3 is 1. The summed E-state index contributed by atoms with van der Waals surface area (Å²) in [6.07, 6.45) is -0.371. The quantitative estimate of drug-likeness (QED) is 0.678. The van der Waals surface area contributed by atoms with Crippen LogP contribution in [0.1, 0.15) is 27.1 Å². The SMILES string of the molecule is COc1ccc(O)c(C(=O)CC(=O)c2ccccc2Cl)c1. The highest BCUT2D eigenvalue weighted by molar-refractivity contribution is 6.34. The monoisotopic (exact) mass is 304 g/mol. The van der Waals surface area contributed by atoms with Gasteiger partial charge in [-0.3, -0.25) is 9.59 Å². The summed E-state index contributed by atoms with van der Waals surface area (Å²) in [4.78, 5) is 24.2. The van der Waals surface area contributed by atoms with Crippen LogP contribution in [0.4, 0.5) is 0 Å². The topological polar surface area (TPSA) is 63.6 Å². The Morgan fingerprint density at radius 3 is 2.43 bits per heavy atom. The highest BCUT2D eigenvalue weighted by Gasteiger charge is 2.18. The predicted molar refractivity (Wildman–Crippen MR) is 79.4 cm³/mol. The van der Waals surface area contributed by atoms with Gasteiger partial charge in [-0.15, -0.1) is 0 Å². The molecule has 2 aromatic rings. The van der Waals surface area contributed by atoms with Crippen molar-refractivity contribution in [2.24, 2.45) is 0 Å². The Labute approximate surface area is 126 Å². The molecule has 0 heterocycles. The van der Waals surface area contributed by atoms with Gasteiger partial charge in [0.15, 0.2) is 11.6 Å². The highest BCUT2D eigenvalue weighted by Crippen LogP contribution is 2.25. The second-order valence-electron chi connectivity index (χ2n) is 4.39. The fraction of sp³-hybridized carbons (Fsp3) is 0.125. The predicted octanol–water partition coefficient (Wildman–Crippen LogP) is 3.51. The fourth-order valence-electron chi connectivity index (χ4n) is 1.89. The maximum Gasteiger partial charge on any atom is 0.174 e. The van der Waals surface area contributed by atoms with Crippen LogP contribution < -0.4 is 4.74 Å². The number of carbonyl (C=O) groups excluding carboxylic acids is 2. The van der Waals surface area contributed by atoms with E-state index in [-0.39, 0.29) is 23.3 Å². The van der Waals surface area contributed by atoms with E-state index in [9.17, 15) is 14.7 Å². The fourth-order valence-corrected chi connectivity index (χ4v) is 2.13. The number of ether oxygens (including phenoxy) is 1. The Morgan fingerprint density at radius 2 is 1.76 bits per heavy atom. The van der Waals surface area contributed by atoms with E-state index in [0.29, 0.717) is 10.8 Å². The van der Waals surface area contributed by atoms with E-state index < -0.39 is 11.6 Å². The van der Waals surface area contributed by atoms with Gasteiger partial charge in [0.2, 0.25) is 0 Å². The summed E-state index contributed by atoms with van der Waals surface area (Å²) < 4.78 is 5.00. The molecule has 0 saturated carbocycles. The lowest BCUT2D eigenvalue weighted by Crippen LogP contribution is -2.09. The van der Waals surface area contributed by atoms with Crippen LogP contribution >= 0.6 is 11.6 Å². The number of hydrogen-bond acceptors (Lipinski definition) is 4. The van der Waals surface area contributed by atoms with Gasteiger partial charge in [0, 0.05) is 5.56 Å². The Balaban J connectivity index is 2.22. The lowest BCUT2D eigenvalue weighted by atomic mass is 10.0. The van der Waals surface area contributed by atoms with E-state index in [1.54, 1.807) is 24.3 Å². The molecule has 21 heavy (non-hydrogen) atoms. The third-order valence-corrected chi connectivity index (χ3v) is 3.33. The van der Waals surface area contributed by atoms with Crippen molar-refractivity contribution >= 4 is 23.2 Å². The summed E-state index contributed by atoms with van der Waals surface area (Å²) in [5.74, 6) is -0.641. The lowest BCUT2D eigenvalue weighted by Gasteiger charge is -2.07. The number of phenols is 1. The maximum absolute atomic E-state index is 12.1. The van der Waals surface area contributed by atoms with Crippen molar-refractivity contribution in [1.29, 1.82) is 0 Å². The van der Waals surface area contributed by atoms with Crippen molar-refractivity contribution in [1.82, 2.24) is 0 Å². The lowest BCUT2D eigenvalue weighted by molar-refractivity contribution is 0.0893. The average molecular weight is 305 g/mol. The van der Waals surface area contributed by atoms with Crippen molar-refractivity contribution in [3.8, 4) is 11.5 Å². The Bertz CT molecular complexity index is 694. The molecule has 0 fully saturated rings. The third-order valence-electron chi connectivity index (χ3n) is 3.00. The van der Waals surface area contributed by atoms with Gasteiger partial charge in [-0.1, -0.05) is 23.7 Å². The number of carbonyl (C=O) groups is 2. The Morgan fingerprint density at radius 1 is 1.10 bits per heavy atom. The zero-order valence-electron chi connectivity index (χ0n) is 11.3. The molecule has 0 atom stereocenters. The first-order valence-corrected chi connectivity index (χ1v) is 6.58. The molecule has 0 amide bonds. The Hall–Kier alpha value is -2.33. The van der Waals surface area contributed by atoms with E-state index in [1.807, 2.05) is 0 Å². The summed E-state index contributed by atoms with van der Waals surface area (Å²) in [7, 11) is 1.45. The zero-order valence-corrected chi connectivity index (χ0v) is 12.1. The van der Waals surface area contributed by atoms with Crippen molar-refractivity contribution in [3.63, 3.8) is 0 Å². The van der Waals surface area contributed by atoms with E-state index in [4.69, 9.17) is 16.3 Å². The molecule has 1 N–H and O–H groups in total. The van der Waals surface area contributed by atoms with Gasteiger partial charge in [-0.05, 0) is 30.3 Å². The number of rotatable bonds is 5. The molecular formula is C16H13ClO4. The van der Waals surface area contributed by atoms with Crippen LogP contribution in [0.25, 0.3) is 0 Å². The van der Waals surface area contributed by atoms with Crippen LogP contribution in [0, 0.1) is 0 Å². The number of aromatic hydroxyl groups is 1. The first-order valence-electron chi connectivity index (χ1n) is 6.21. The number of ketones is 2. The molecule has 0 radical (unpaired) electrons. The number of halogens is 1. The van der Waals surface area contributed by atoms with Gasteiger partial charge in [0.1, 0.15) is 11.5 Å². The van der Waals surface area contributed by atoms with Gasteiger partial charge in [-0.25, -0.2) is 0 Å². The normalized spacial score (nSPS) is 10.2. The molecule has 5 heteroatoms. The molecule has 2 rings (SSSR count). The molecule has 4 nitrogen and oxygen atoms in total. The number of hydrogen-bond donors (Lipinski definition) is 1. The Kier molecular flexibility index (Phi) is 4.60. The van der Waals surface area contributed by atoms with Gasteiger partial charge in [0.25, 0.3) is 0 Å². The van der Waals surface area contributed by atoms with Crippen LogP contribution in [0.3, 0.4) is 0 Å². The molecule has 0 saturated heterocycles. The van der Waals surface area contributed by atoms with Crippen molar-refractivity contribution in [3.05, 3.63) is 58.6 Å². The summed E-state index contributed by atoms with van der Waals surface area (Å²) >= 11 is 5.93. The molecule has 0 unspecified atom stereocenters. The summed E-state index contributed by atoms with van der Waals surface area (Å²) in [5.41, 5.74) is 0.338. The van der Waals surface area contributed by atoms with E-state index in [0.717, 1.165) is 0 Å². The van der Waals surface area contributed by atoms with E-state index in [1.165, 1.54) is 25.3 Å². The smallest absolute Gasteiger partial charge is 0.174 e. The minimum absolute atomic E-state index is 0.0507. The van der Waals surface area contributed by atoms with Crippen LogP contribution in [0.2, 0.25) is 5.02 Å². The molecule has 2 aromatic carbocycles. The van der Waals surface area contributed by atoms with Crippen molar-refractivity contribution in [2.75, 3.05) is 7.11 Å². The number of phenolic OH excluding ortho intramolecular Hbond substituents is 1. The summed E-state index contributed by atoms with van der Waals surface area (Å²) in [6, 6.07) is 10.8. The minimum atomic E-state index is -0.490. The van der Waals surface area contributed by atoms with E-state index >= 15 is 0 Å². The molecule has 0 aliphatic heterocycles. The second kappa shape index (κ2) is 6.41. The molecule has 0 bridgehead atoms. The first-order chi connectivity index (χ1) is 10.0. The molecule has 0 spiro atoms. The number of benzene rings is 2. The van der Waals surface area contributed by atoms with E-state index in [2.05, 4.69) is 0 Å². The molecule has 108 valence electrons. The van der Waals surface area contributed by atoms with Gasteiger partial charge < -0.3 is 9.84 Å². The largest absolute Gasteiger partial charge is 0.507 e.